The van der Waals surface area contributed by atoms with Crippen molar-refractivity contribution in [1.29, 1.82) is 0 Å². The van der Waals surface area contributed by atoms with Gasteiger partial charge in [-0.2, -0.15) is 0 Å². The summed E-state index contributed by atoms with van der Waals surface area (Å²) in [5.41, 5.74) is 5.70. The van der Waals surface area contributed by atoms with E-state index in [-0.39, 0.29) is 17.4 Å². The molecular formula is C10H19NO2. The SMILES string of the molecule is CCOC(=O)C1CCCCC1(C)N. The number of carbonyl (C=O) groups is 1. The molecule has 1 rings (SSSR count). The first-order chi connectivity index (χ1) is 6.08. The fraction of sp³-hybridized carbons (Fsp3) is 0.900. The third kappa shape index (κ3) is 2.44. The Morgan fingerprint density at radius 2 is 2.31 bits per heavy atom. The molecule has 0 bridgehead atoms. The van der Waals surface area contributed by atoms with Crippen LogP contribution in [0.2, 0.25) is 0 Å². The van der Waals surface area contributed by atoms with Gasteiger partial charge < -0.3 is 10.5 Å². The molecule has 0 aromatic carbocycles. The van der Waals surface area contributed by atoms with Crippen LogP contribution in [0.5, 0.6) is 0 Å². The zero-order chi connectivity index (χ0) is 9.90. The minimum atomic E-state index is -0.357. The average molecular weight is 185 g/mol. The molecule has 0 saturated heterocycles. The summed E-state index contributed by atoms with van der Waals surface area (Å²) in [5, 5.41) is 0. The fourth-order valence-corrected chi connectivity index (χ4v) is 1.99. The molecular weight excluding hydrogens is 166 g/mol. The van der Waals surface area contributed by atoms with Crippen molar-refractivity contribution in [3.8, 4) is 0 Å². The lowest BCUT2D eigenvalue weighted by molar-refractivity contribution is -0.151. The Hall–Kier alpha value is -0.570. The standard InChI is InChI=1S/C10H19NO2/c1-3-13-9(12)8-6-4-5-7-10(8,2)11/h8H,3-7,11H2,1-2H3. The molecule has 1 aliphatic rings. The predicted molar refractivity (Wildman–Crippen MR) is 51.2 cm³/mol. The van der Waals surface area contributed by atoms with E-state index >= 15 is 0 Å². The molecule has 0 amide bonds. The maximum atomic E-state index is 11.5. The predicted octanol–water partition coefficient (Wildman–Crippen LogP) is 1.46. The fourth-order valence-electron chi connectivity index (χ4n) is 1.99. The molecule has 1 fully saturated rings. The molecule has 2 N–H and O–H groups in total. The highest BCUT2D eigenvalue weighted by Gasteiger charge is 2.38. The van der Waals surface area contributed by atoms with Gasteiger partial charge in [-0.05, 0) is 26.7 Å². The lowest BCUT2D eigenvalue weighted by atomic mass is 9.75. The first-order valence-electron chi connectivity index (χ1n) is 5.03. The van der Waals surface area contributed by atoms with Crippen molar-refractivity contribution < 1.29 is 9.53 Å². The Bertz CT molecular complexity index is 189. The minimum absolute atomic E-state index is 0.0961. The third-order valence-corrected chi connectivity index (χ3v) is 2.83. The maximum absolute atomic E-state index is 11.5. The number of rotatable bonds is 2. The lowest BCUT2D eigenvalue weighted by Gasteiger charge is -2.36. The first kappa shape index (κ1) is 10.5. The Morgan fingerprint density at radius 3 is 2.85 bits per heavy atom. The topological polar surface area (TPSA) is 52.3 Å². The molecule has 1 aliphatic carbocycles. The van der Waals surface area contributed by atoms with Gasteiger partial charge in [0.1, 0.15) is 0 Å². The van der Waals surface area contributed by atoms with E-state index in [9.17, 15) is 4.79 Å². The molecule has 0 aromatic rings. The largest absolute Gasteiger partial charge is 0.466 e. The van der Waals surface area contributed by atoms with Crippen LogP contribution in [0.3, 0.4) is 0 Å². The number of ether oxygens (including phenoxy) is 1. The molecule has 76 valence electrons. The first-order valence-corrected chi connectivity index (χ1v) is 5.03. The normalized spacial score (nSPS) is 34.2. The molecule has 2 atom stereocenters. The van der Waals surface area contributed by atoms with Gasteiger partial charge >= 0.3 is 5.97 Å². The van der Waals surface area contributed by atoms with Gasteiger partial charge in [-0.1, -0.05) is 12.8 Å². The highest BCUT2D eigenvalue weighted by molar-refractivity contribution is 5.74. The van der Waals surface area contributed by atoms with Crippen LogP contribution in [0, 0.1) is 5.92 Å². The smallest absolute Gasteiger partial charge is 0.310 e. The van der Waals surface area contributed by atoms with E-state index in [0.717, 1.165) is 25.7 Å². The van der Waals surface area contributed by atoms with Crippen LogP contribution in [0.15, 0.2) is 0 Å². The Labute approximate surface area is 79.6 Å². The number of carbonyl (C=O) groups excluding carboxylic acids is 1. The maximum Gasteiger partial charge on any atom is 0.310 e. The number of nitrogens with two attached hydrogens (primary N) is 1. The van der Waals surface area contributed by atoms with Gasteiger partial charge in [0.15, 0.2) is 0 Å². The summed E-state index contributed by atoms with van der Waals surface area (Å²) in [7, 11) is 0. The van der Waals surface area contributed by atoms with E-state index in [1.54, 1.807) is 0 Å². The molecule has 0 spiro atoms. The van der Waals surface area contributed by atoms with Gasteiger partial charge in [0.25, 0.3) is 0 Å². The van der Waals surface area contributed by atoms with Crippen molar-refractivity contribution in [2.45, 2.75) is 45.1 Å². The Morgan fingerprint density at radius 1 is 1.62 bits per heavy atom. The summed E-state index contributed by atoms with van der Waals surface area (Å²) in [4.78, 5) is 11.5. The van der Waals surface area contributed by atoms with Crippen molar-refractivity contribution in [1.82, 2.24) is 0 Å². The zero-order valence-electron chi connectivity index (χ0n) is 8.51. The number of hydrogen-bond acceptors (Lipinski definition) is 3. The summed E-state index contributed by atoms with van der Waals surface area (Å²) in [6.45, 7) is 4.23. The van der Waals surface area contributed by atoms with Crippen LogP contribution in [0.1, 0.15) is 39.5 Å². The van der Waals surface area contributed by atoms with Crippen molar-refractivity contribution >= 4 is 5.97 Å². The van der Waals surface area contributed by atoms with E-state index in [4.69, 9.17) is 10.5 Å². The van der Waals surface area contributed by atoms with E-state index in [1.807, 2.05) is 13.8 Å². The summed E-state index contributed by atoms with van der Waals surface area (Å²) in [6.07, 6.45) is 4.03. The van der Waals surface area contributed by atoms with E-state index in [0.29, 0.717) is 6.61 Å². The van der Waals surface area contributed by atoms with Gasteiger partial charge in [-0.25, -0.2) is 0 Å². The molecule has 0 aliphatic heterocycles. The minimum Gasteiger partial charge on any atom is -0.466 e. The van der Waals surface area contributed by atoms with E-state index in [2.05, 4.69) is 0 Å². The van der Waals surface area contributed by atoms with Gasteiger partial charge in [0, 0.05) is 5.54 Å². The molecule has 0 heterocycles. The number of esters is 1. The van der Waals surface area contributed by atoms with Crippen LogP contribution >= 0.6 is 0 Å². The summed E-state index contributed by atoms with van der Waals surface area (Å²) >= 11 is 0. The summed E-state index contributed by atoms with van der Waals surface area (Å²) in [6, 6.07) is 0. The molecule has 2 unspecified atom stereocenters. The second-order valence-corrected chi connectivity index (χ2v) is 4.06. The third-order valence-electron chi connectivity index (χ3n) is 2.83. The van der Waals surface area contributed by atoms with Crippen LogP contribution in [-0.2, 0) is 9.53 Å². The molecule has 0 aromatic heterocycles. The van der Waals surface area contributed by atoms with Crippen LogP contribution in [0.25, 0.3) is 0 Å². The molecule has 3 heteroatoms. The Kier molecular flexibility index (Phi) is 3.31. The van der Waals surface area contributed by atoms with Crippen molar-refractivity contribution in [3.05, 3.63) is 0 Å². The van der Waals surface area contributed by atoms with Gasteiger partial charge in [-0.3, -0.25) is 4.79 Å². The van der Waals surface area contributed by atoms with E-state index in [1.165, 1.54) is 0 Å². The van der Waals surface area contributed by atoms with Crippen molar-refractivity contribution in [2.75, 3.05) is 6.61 Å². The number of hydrogen-bond donors (Lipinski definition) is 1. The highest BCUT2D eigenvalue weighted by atomic mass is 16.5. The van der Waals surface area contributed by atoms with Crippen LogP contribution < -0.4 is 5.73 Å². The monoisotopic (exact) mass is 185 g/mol. The van der Waals surface area contributed by atoms with Gasteiger partial charge in [0.05, 0.1) is 12.5 Å². The molecule has 1 saturated carbocycles. The second kappa shape index (κ2) is 4.09. The molecule has 13 heavy (non-hydrogen) atoms. The van der Waals surface area contributed by atoms with Gasteiger partial charge in [-0.15, -0.1) is 0 Å². The van der Waals surface area contributed by atoms with Crippen LogP contribution in [0.4, 0.5) is 0 Å². The second-order valence-electron chi connectivity index (χ2n) is 4.06. The molecule has 3 nitrogen and oxygen atoms in total. The summed E-state index contributed by atoms with van der Waals surface area (Å²) in [5.74, 6) is -0.214. The molecule has 0 radical (unpaired) electrons. The highest BCUT2D eigenvalue weighted by Crippen LogP contribution is 2.32. The average Bonchev–Trinajstić information content (AvgIpc) is 2.03. The van der Waals surface area contributed by atoms with Gasteiger partial charge in [0.2, 0.25) is 0 Å². The lowest BCUT2D eigenvalue weighted by Crippen LogP contribution is -2.50. The quantitative estimate of drug-likeness (QED) is 0.662. The van der Waals surface area contributed by atoms with Crippen molar-refractivity contribution in [3.63, 3.8) is 0 Å². The Balaban J connectivity index is 2.59. The summed E-state index contributed by atoms with van der Waals surface area (Å²) < 4.78 is 5.00. The zero-order valence-corrected chi connectivity index (χ0v) is 8.51. The van der Waals surface area contributed by atoms with Crippen molar-refractivity contribution in [2.24, 2.45) is 11.7 Å². The van der Waals surface area contributed by atoms with E-state index < -0.39 is 0 Å². The van der Waals surface area contributed by atoms with Crippen LogP contribution in [-0.4, -0.2) is 18.1 Å².